The average molecular weight is 576 g/mol. The van der Waals surface area contributed by atoms with Gasteiger partial charge < -0.3 is 37.8 Å². The van der Waals surface area contributed by atoms with Crippen LogP contribution in [0, 0.1) is 11.8 Å². The largest absolute Gasteiger partial charge is 0.390 e. The molecule has 1 aromatic carbocycles. The summed E-state index contributed by atoms with van der Waals surface area (Å²) in [7, 11) is 0. The Balaban J connectivity index is 2.73. The molecule has 0 saturated heterocycles. The Bertz CT molecular complexity index is 997. The van der Waals surface area contributed by atoms with Crippen LogP contribution in [0.15, 0.2) is 35.3 Å². The average Bonchev–Trinajstić information content (AvgIpc) is 2.89. The van der Waals surface area contributed by atoms with E-state index in [0.29, 0.717) is 25.8 Å². The van der Waals surface area contributed by atoms with E-state index < -0.39 is 36.0 Å². The van der Waals surface area contributed by atoms with Gasteiger partial charge in [0.2, 0.25) is 23.6 Å². The Morgan fingerprint density at radius 2 is 1.56 bits per heavy atom. The van der Waals surface area contributed by atoms with E-state index in [4.69, 9.17) is 11.5 Å². The lowest BCUT2D eigenvalue weighted by Crippen LogP contribution is -2.56. The molecule has 12 nitrogen and oxygen atoms in total. The van der Waals surface area contributed by atoms with E-state index in [1.165, 1.54) is 6.92 Å². The van der Waals surface area contributed by atoms with Crippen LogP contribution in [0.5, 0.6) is 0 Å². The lowest BCUT2D eigenvalue weighted by Gasteiger charge is -2.28. The zero-order valence-corrected chi connectivity index (χ0v) is 25.0. The van der Waals surface area contributed by atoms with Gasteiger partial charge in [-0.25, -0.2) is 0 Å². The molecule has 0 spiro atoms. The Morgan fingerprint density at radius 1 is 0.902 bits per heavy atom. The number of carbonyl (C=O) groups excluding carboxylic acids is 4. The number of nitrogens with zero attached hydrogens (tertiary/aromatic N) is 1. The number of aliphatic imine (C=N–C) groups is 1. The van der Waals surface area contributed by atoms with Crippen molar-refractivity contribution in [1.29, 1.82) is 0 Å². The molecule has 0 radical (unpaired) electrons. The Morgan fingerprint density at radius 3 is 2.15 bits per heavy atom. The molecule has 4 amide bonds. The van der Waals surface area contributed by atoms with Crippen LogP contribution in [0.2, 0.25) is 0 Å². The second-order valence-electron chi connectivity index (χ2n) is 11.0. The summed E-state index contributed by atoms with van der Waals surface area (Å²) in [6.07, 6.45) is 0.511. The molecule has 230 valence electrons. The highest BCUT2D eigenvalue weighted by atomic mass is 16.3. The number of benzene rings is 1. The minimum absolute atomic E-state index is 0.0645. The molecule has 0 heterocycles. The number of amides is 4. The van der Waals surface area contributed by atoms with E-state index in [-0.39, 0.29) is 49.0 Å². The standard InChI is InChI=1S/C29H49N7O5/c1-18(2)16-23(24(37)17-25(38)32-15-13-21-10-7-6-8-11-21)36-27(40)20(5)34-28(41)22(35-26(39)19(3)4)12-9-14-33-29(30)31/h6-8,10-11,18-20,22-24,37H,9,12-17H2,1-5H3,(H,32,38)(H,34,41)(H,35,39)(H,36,40)(H4,30,31,33)/t20-,22-,23-,24-/m0/s1. The summed E-state index contributed by atoms with van der Waals surface area (Å²) in [5.41, 5.74) is 11.8. The Labute approximate surface area is 243 Å². The van der Waals surface area contributed by atoms with E-state index in [9.17, 15) is 24.3 Å². The molecule has 0 aliphatic carbocycles. The van der Waals surface area contributed by atoms with Crippen LogP contribution in [-0.2, 0) is 25.6 Å². The molecule has 1 aromatic rings. The van der Waals surface area contributed by atoms with Crippen molar-refractivity contribution < 1.29 is 24.3 Å². The van der Waals surface area contributed by atoms with Crippen LogP contribution in [0.3, 0.4) is 0 Å². The van der Waals surface area contributed by atoms with Gasteiger partial charge in [-0.15, -0.1) is 0 Å². The van der Waals surface area contributed by atoms with Gasteiger partial charge in [-0.1, -0.05) is 58.0 Å². The first kappa shape index (κ1) is 35.4. The maximum absolute atomic E-state index is 13.0. The summed E-state index contributed by atoms with van der Waals surface area (Å²) in [4.78, 5) is 54.6. The van der Waals surface area contributed by atoms with Gasteiger partial charge in [-0.05, 0) is 44.1 Å². The summed E-state index contributed by atoms with van der Waals surface area (Å²) in [6.45, 7) is 9.55. The molecule has 0 aromatic heterocycles. The third-order valence-corrected chi connectivity index (χ3v) is 6.35. The molecule has 41 heavy (non-hydrogen) atoms. The zero-order chi connectivity index (χ0) is 30.9. The first-order valence-corrected chi connectivity index (χ1v) is 14.2. The summed E-state index contributed by atoms with van der Waals surface area (Å²) >= 11 is 0. The van der Waals surface area contributed by atoms with Gasteiger partial charge in [0, 0.05) is 19.0 Å². The van der Waals surface area contributed by atoms with E-state index in [1.54, 1.807) is 13.8 Å². The Kier molecular flexibility index (Phi) is 16.1. The van der Waals surface area contributed by atoms with Gasteiger partial charge in [-0.2, -0.15) is 0 Å². The van der Waals surface area contributed by atoms with Crippen molar-refractivity contribution in [2.24, 2.45) is 28.3 Å². The maximum Gasteiger partial charge on any atom is 0.243 e. The van der Waals surface area contributed by atoms with Crippen LogP contribution in [0.4, 0.5) is 0 Å². The minimum Gasteiger partial charge on any atom is -0.390 e. The van der Waals surface area contributed by atoms with Crippen LogP contribution >= 0.6 is 0 Å². The van der Waals surface area contributed by atoms with Gasteiger partial charge in [0.25, 0.3) is 0 Å². The van der Waals surface area contributed by atoms with Gasteiger partial charge in [0.15, 0.2) is 5.96 Å². The van der Waals surface area contributed by atoms with Crippen molar-refractivity contribution in [3.63, 3.8) is 0 Å². The zero-order valence-electron chi connectivity index (χ0n) is 25.0. The van der Waals surface area contributed by atoms with Crippen LogP contribution in [0.25, 0.3) is 0 Å². The monoisotopic (exact) mass is 575 g/mol. The number of carbonyl (C=O) groups is 4. The molecule has 1 rings (SSSR count). The molecule has 4 atom stereocenters. The quantitative estimate of drug-likeness (QED) is 0.0742. The maximum atomic E-state index is 13.0. The van der Waals surface area contributed by atoms with Crippen molar-refractivity contribution in [3.8, 4) is 0 Å². The SMILES string of the molecule is CC(C)C[C@H](NC(=O)[C@H](C)NC(=O)[C@H](CCCN=C(N)N)NC(=O)C(C)C)[C@@H](O)CC(=O)NCCc1ccccc1. The molecule has 12 heteroatoms. The highest BCUT2D eigenvalue weighted by molar-refractivity contribution is 5.92. The van der Waals surface area contributed by atoms with Crippen LogP contribution < -0.4 is 32.7 Å². The van der Waals surface area contributed by atoms with Crippen molar-refractivity contribution in [2.45, 2.75) is 91.0 Å². The molecule has 0 unspecified atom stereocenters. The summed E-state index contributed by atoms with van der Waals surface area (Å²) in [5.74, 6) is -1.93. The number of hydrogen-bond donors (Lipinski definition) is 7. The lowest BCUT2D eigenvalue weighted by molar-refractivity contribution is -0.133. The predicted octanol–water partition coefficient (Wildman–Crippen LogP) is 0.326. The van der Waals surface area contributed by atoms with Crippen molar-refractivity contribution in [2.75, 3.05) is 13.1 Å². The second-order valence-corrected chi connectivity index (χ2v) is 11.0. The summed E-state index contributed by atoms with van der Waals surface area (Å²) in [6, 6.07) is 7.20. The number of hydrogen-bond acceptors (Lipinski definition) is 6. The number of nitrogens with two attached hydrogens (primary N) is 2. The third-order valence-electron chi connectivity index (χ3n) is 6.35. The minimum atomic E-state index is -1.12. The molecule has 9 N–H and O–H groups in total. The van der Waals surface area contributed by atoms with Gasteiger partial charge in [0.05, 0.1) is 18.6 Å². The number of aliphatic hydroxyl groups excluding tert-OH is 1. The number of guanidine groups is 1. The normalized spacial score (nSPS) is 14.0. The van der Waals surface area contributed by atoms with E-state index in [2.05, 4.69) is 26.3 Å². The smallest absolute Gasteiger partial charge is 0.243 e. The number of nitrogens with one attached hydrogen (secondary N) is 4. The number of aliphatic hydroxyl groups is 1. The predicted molar refractivity (Wildman–Crippen MR) is 159 cm³/mol. The molecule has 0 saturated carbocycles. The first-order valence-electron chi connectivity index (χ1n) is 14.2. The van der Waals surface area contributed by atoms with Crippen molar-refractivity contribution in [3.05, 3.63) is 35.9 Å². The molecular formula is C29H49N7O5. The van der Waals surface area contributed by atoms with Crippen LogP contribution in [-0.4, -0.2) is 72.0 Å². The molecule has 0 aliphatic heterocycles. The van der Waals surface area contributed by atoms with Crippen LogP contribution in [0.1, 0.15) is 65.9 Å². The highest BCUT2D eigenvalue weighted by Crippen LogP contribution is 2.12. The van der Waals surface area contributed by atoms with Crippen molar-refractivity contribution >= 4 is 29.6 Å². The number of rotatable bonds is 18. The van der Waals surface area contributed by atoms with E-state index >= 15 is 0 Å². The topological polar surface area (TPSA) is 201 Å². The van der Waals surface area contributed by atoms with Gasteiger partial charge >= 0.3 is 0 Å². The summed E-state index contributed by atoms with van der Waals surface area (Å²) < 4.78 is 0. The third kappa shape index (κ3) is 15.1. The molecule has 0 bridgehead atoms. The second kappa shape index (κ2) is 18.6. The lowest BCUT2D eigenvalue weighted by atomic mass is 9.96. The fourth-order valence-electron chi connectivity index (χ4n) is 4.01. The van der Waals surface area contributed by atoms with Gasteiger partial charge in [-0.3, -0.25) is 24.2 Å². The van der Waals surface area contributed by atoms with E-state index in [1.807, 2.05) is 44.2 Å². The van der Waals surface area contributed by atoms with Crippen molar-refractivity contribution in [1.82, 2.24) is 21.3 Å². The Hall–Kier alpha value is -3.67. The highest BCUT2D eigenvalue weighted by Gasteiger charge is 2.29. The van der Waals surface area contributed by atoms with E-state index in [0.717, 1.165) is 5.56 Å². The molecular weight excluding hydrogens is 526 g/mol. The first-order chi connectivity index (χ1) is 19.3. The fourth-order valence-corrected chi connectivity index (χ4v) is 4.01. The molecule has 0 aliphatic rings. The summed E-state index contributed by atoms with van der Waals surface area (Å²) in [5, 5.41) is 21.8. The molecule has 0 fully saturated rings. The van der Waals surface area contributed by atoms with Gasteiger partial charge in [0.1, 0.15) is 12.1 Å². The fraction of sp³-hybridized carbons (Fsp3) is 0.621.